The Kier molecular flexibility index (Phi) is 5.09. The van der Waals surface area contributed by atoms with Crippen molar-refractivity contribution >= 4 is 17.4 Å². The van der Waals surface area contributed by atoms with Crippen LogP contribution in [0.15, 0.2) is 71.5 Å². The molecule has 106 valence electrons. The Morgan fingerprint density at radius 1 is 1.14 bits per heavy atom. The van der Waals surface area contributed by atoms with Crippen LogP contribution in [0.1, 0.15) is 5.56 Å². The van der Waals surface area contributed by atoms with Crippen molar-refractivity contribution in [3.05, 3.63) is 77.5 Å². The summed E-state index contributed by atoms with van der Waals surface area (Å²) in [5, 5.41) is 18.2. The minimum Gasteiger partial charge on any atom is -0.763 e. The smallest absolute Gasteiger partial charge is 0.235 e. The molecule has 0 saturated carbocycles. The van der Waals surface area contributed by atoms with Gasteiger partial charge in [0.25, 0.3) is 0 Å². The molecule has 0 unspecified atom stereocenters. The molecule has 1 aromatic carbocycles. The van der Waals surface area contributed by atoms with Crippen molar-refractivity contribution in [2.45, 2.75) is 6.54 Å². The second-order valence-electron chi connectivity index (χ2n) is 4.38. The minimum atomic E-state index is -0.392. The first-order chi connectivity index (χ1) is 10.8. The average Bonchev–Trinajstić information content (AvgIpc) is 2.56. The molecule has 1 heterocycles. The molecule has 0 spiro atoms. The summed E-state index contributed by atoms with van der Waals surface area (Å²) in [4.78, 5) is 16.0. The number of hydrogen-bond donors (Lipinski definition) is 0. The summed E-state index contributed by atoms with van der Waals surface area (Å²) in [6.45, 7) is 0.0149. The van der Waals surface area contributed by atoms with Crippen LogP contribution in [-0.2, 0) is 11.3 Å². The second-order valence-corrected chi connectivity index (χ2v) is 4.38. The number of pyridine rings is 1. The number of aliphatic imine (C=N–C) groups is 1. The summed E-state index contributed by atoms with van der Waals surface area (Å²) in [6, 6.07) is 14.2. The molecule has 0 atom stereocenters. The number of carbonyl (C=O) groups excluding carboxylic acids is 1. The number of nitriles is 1. The van der Waals surface area contributed by atoms with Gasteiger partial charge in [0.2, 0.25) is 18.5 Å². The lowest BCUT2D eigenvalue weighted by molar-refractivity contribution is -0.683. The highest BCUT2D eigenvalue weighted by Gasteiger charge is 2.20. The van der Waals surface area contributed by atoms with Crippen molar-refractivity contribution < 1.29 is 9.36 Å². The summed E-state index contributed by atoms with van der Waals surface area (Å²) in [5.74, 6) is 1.49. The van der Waals surface area contributed by atoms with Crippen LogP contribution in [0.25, 0.3) is 5.41 Å². The van der Waals surface area contributed by atoms with Crippen LogP contribution in [0.4, 0.5) is 0 Å². The van der Waals surface area contributed by atoms with E-state index in [0.29, 0.717) is 5.56 Å². The molecule has 0 N–H and O–H groups in total. The fourth-order valence-corrected chi connectivity index (χ4v) is 1.94. The molecule has 2 rings (SSSR count). The first-order valence-electron chi connectivity index (χ1n) is 6.53. The van der Waals surface area contributed by atoms with Crippen molar-refractivity contribution in [3.63, 3.8) is 0 Å². The van der Waals surface area contributed by atoms with E-state index in [1.54, 1.807) is 65.6 Å². The molecular formula is C17H12N4O. The van der Waals surface area contributed by atoms with E-state index in [-0.39, 0.29) is 17.8 Å². The summed E-state index contributed by atoms with van der Waals surface area (Å²) in [7, 11) is 0. The molecule has 0 aliphatic heterocycles. The first-order valence-corrected chi connectivity index (χ1v) is 6.53. The van der Waals surface area contributed by atoms with Crippen molar-refractivity contribution in [2.24, 2.45) is 4.99 Å². The van der Waals surface area contributed by atoms with Gasteiger partial charge in [0.15, 0.2) is 12.4 Å². The Morgan fingerprint density at radius 2 is 1.77 bits per heavy atom. The lowest BCUT2D eigenvalue weighted by Gasteiger charge is -2.07. The van der Waals surface area contributed by atoms with Gasteiger partial charge in [0, 0.05) is 17.7 Å². The molecule has 0 bridgehead atoms. The summed E-state index contributed by atoms with van der Waals surface area (Å²) >= 11 is 0. The Bertz CT molecular complexity index is 782. The number of hydrogen-bond acceptors (Lipinski definition) is 3. The van der Waals surface area contributed by atoms with Gasteiger partial charge in [-0.1, -0.05) is 36.4 Å². The van der Waals surface area contributed by atoms with Crippen LogP contribution < -0.4 is 4.57 Å². The average molecular weight is 288 g/mol. The highest BCUT2D eigenvalue weighted by atomic mass is 16.1. The minimum absolute atomic E-state index is 0.0149. The van der Waals surface area contributed by atoms with Gasteiger partial charge in [-0.2, -0.15) is 14.8 Å². The van der Waals surface area contributed by atoms with E-state index in [2.05, 4.69) is 4.99 Å². The topological polar surface area (TPSA) is 79.4 Å². The van der Waals surface area contributed by atoms with Gasteiger partial charge < -0.3 is 5.41 Å². The third-order valence-electron chi connectivity index (χ3n) is 2.94. The van der Waals surface area contributed by atoms with Gasteiger partial charge in [0.1, 0.15) is 0 Å². The number of allylic oxidation sites excluding steroid dienone is 1. The summed E-state index contributed by atoms with van der Waals surface area (Å²) in [6.07, 6.45) is 5.12. The number of aromatic nitrogens is 1. The van der Waals surface area contributed by atoms with E-state index in [4.69, 9.17) is 5.26 Å². The normalized spacial score (nSPS) is 10.4. The molecule has 0 aliphatic rings. The van der Waals surface area contributed by atoms with E-state index in [0.717, 1.165) is 0 Å². The van der Waals surface area contributed by atoms with Crippen molar-refractivity contribution in [1.29, 1.82) is 5.26 Å². The lowest BCUT2D eigenvalue weighted by Crippen LogP contribution is -2.38. The first kappa shape index (κ1) is 15.0. The Balaban J connectivity index is 2.34. The SMILES string of the molecule is N#CN=C(C(=C=[N-])C(=O)C[n+]1ccccc1)c1ccccc1. The number of Topliss-reactive ketones (excluding diaryl/α,β-unsaturated/α-hetero) is 1. The van der Waals surface area contributed by atoms with Crippen LogP contribution in [-0.4, -0.2) is 17.4 Å². The second kappa shape index (κ2) is 7.44. The predicted molar refractivity (Wildman–Crippen MR) is 82.1 cm³/mol. The fraction of sp³-hybridized carbons (Fsp3) is 0.0588. The maximum absolute atomic E-state index is 12.4. The zero-order valence-corrected chi connectivity index (χ0v) is 11.7. The molecule has 2 aromatic rings. The Labute approximate surface area is 128 Å². The number of nitrogens with zero attached hydrogens (tertiary/aromatic N) is 4. The van der Waals surface area contributed by atoms with E-state index in [1.807, 2.05) is 11.9 Å². The largest absolute Gasteiger partial charge is 0.763 e. The van der Waals surface area contributed by atoms with Gasteiger partial charge in [0.05, 0.1) is 11.3 Å². The molecule has 1 aromatic heterocycles. The van der Waals surface area contributed by atoms with Crippen LogP contribution in [0.2, 0.25) is 0 Å². The standard InChI is InChI=1S/C17H12N4O/c18-11-15(16(22)12-21-9-5-2-6-10-21)17(20-13-19)14-7-3-1-4-8-14/h1-10H,12H2. The zero-order chi connectivity index (χ0) is 15.8. The Hall–Kier alpha value is -3.35. The Morgan fingerprint density at radius 3 is 2.36 bits per heavy atom. The fourth-order valence-electron chi connectivity index (χ4n) is 1.94. The maximum Gasteiger partial charge on any atom is 0.235 e. The van der Waals surface area contributed by atoms with Gasteiger partial charge in [-0.15, -0.1) is 0 Å². The van der Waals surface area contributed by atoms with Gasteiger partial charge in [-0.3, -0.25) is 10.7 Å². The summed E-state index contributed by atoms with van der Waals surface area (Å²) < 4.78 is 1.66. The van der Waals surface area contributed by atoms with Gasteiger partial charge in [-0.25, -0.2) is 0 Å². The van der Waals surface area contributed by atoms with E-state index in [1.165, 1.54) is 0 Å². The number of rotatable bonds is 5. The number of ketones is 1. The third-order valence-corrected chi connectivity index (χ3v) is 2.94. The molecule has 5 nitrogen and oxygen atoms in total. The summed E-state index contributed by atoms with van der Waals surface area (Å²) in [5.41, 5.74) is 0.545. The molecule has 0 saturated heterocycles. The van der Waals surface area contributed by atoms with Gasteiger partial charge in [-0.05, 0) is 0 Å². The van der Waals surface area contributed by atoms with Crippen LogP contribution in [0.3, 0.4) is 0 Å². The molecule has 0 amide bonds. The zero-order valence-electron chi connectivity index (χ0n) is 11.7. The van der Waals surface area contributed by atoms with Crippen LogP contribution in [0.5, 0.6) is 0 Å². The number of carbonyl (C=O) groups is 1. The highest BCUT2D eigenvalue weighted by molar-refractivity contribution is 6.33. The maximum atomic E-state index is 12.4. The highest BCUT2D eigenvalue weighted by Crippen LogP contribution is 2.09. The van der Waals surface area contributed by atoms with Crippen molar-refractivity contribution in [3.8, 4) is 6.19 Å². The molecule has 5 heteroatoms. The van der Waals surface area contributed by atoms with Crippen LogP contribution >= 0.6 is 0 Å². The van der Waals surface area contributed by atoms with Gasteiger partial charge >= 0.3 is 0 Å². The van der Waals surface area contributed by atoms with E-state index in [9.17, 15) is 10.2 Å². The van der Waals surface area contributed by atoms with E-state index < -0.39 is 5.78 Å². The van der Waals surface area contributed by atoms with Crippen molar-refractivity contribution in [2.75, 3.05) is 0 Å². The molecule has 22 heavy (non-hydrogen) atoms. The molecule has 0 radical (unpaired) electrons. The monoisotopic (exact) mass is 288 g/mol. The predicted octanol–water partition coefficient (Wildman–Crippen LogP) is 1.68. The van der Waals surface area contributed by atoms with E-state index >= 15 is 0 Å². The third kappa shape index (κ3) is 3.60. The molecule has 0 fully saturated rings. The number of benzene rings is 1. The van der Waals surface area contributed by atoms with Crippen molar-refractivity contribution in [1.82, 2.24) is 0 Å². The molecular weight excluding hydrogens is 276 g/mol. The lowest BCUT2D eigenvalue weighted by atomic mass is 10.00. The van der Waals surface area contributed by atoms with Crippen LogP contribution in [0, 0.1) is 11.5 Å². The molecule has 0 aliphatic carbocycles. The quantitative estimate of drug-likeness (QED) is 0.363.